The predicted molar refractivity (Wildman–Crippen MR) is 113 cm³/mol. The molecule has 6 N–H and O–H groups in total. The molecule has 0 radical (unpaired) electrons. The highest BCUT2D eigenvalue weighted by molar-refractivity contribution is 7.88. The highest BCUT2D eigenvalue weighted by atomic mass is 32.2. The van der Waals surface area contributed by atoms with Crippen LogP contribution in [0.3, 0.4) is 0 Å². The van der Waals surface area contributed by atoms with Crippen LogP contribution in [-0.2, 0) is 31.4 Å². The molecule has 18 heteroatoms. The highest BCUT2D eigenvalue weighted by Crippen LogP contribution is 2.20. The summed E-state index contributed by atoms with van der Waals surface area (Å²) in [5.41, 5.74) is 0.339. The zero-order chi connectivity index (χ0) is 23.1. The fourth-order valence-electron chi connectivity index (χ4n) is 1.99. The van der Waals surface area contributed by atoms with E-state index in [2.05, 4.69) is 40.6 Å². The van der Waals surface area contributed by atoms with Crippen LogP contribution < -0.4 is 20.7 Å². The summed E-state index contributed by atoms with van der Waals surface area (Å²) in [6.07, 6.45) is 0.764. The van der Waals surface area contributed by atoms with E-state index >= 15 is 0 Å². The molecule has 0 amide bonds. The maximum absolute atomic E-state index is 11.1. The summed E-state index contributed by atoms with van der Waals surface area (Å²) < 4.78 is 55.1. The number of carboxylic acids is 1. The van der Waals surface area contributed by atoms with E-state index in [1.54, 1.807) is 5.38 Å². The van der Waals surface area contributed by atoms with Crippen LogP contribution in [0.5, 0.6) is 0 Å². The first kappa shape index (κ1) is 24.6. The molecule has 2 aromatic heterocycles. The topological polar surface area (TPSA) is 225 Å². The van der Waals surface area contributed by atoms with Gasteiger partial charge >= 0.3 is 5.97 Å². The molecule has 0 aliphatic carbocycles. The van der Waals surface area contributed by atoms with Crippen LogP contribution in [0, 0.1) is 0 Å². The first-order chi connectivity index (χ1) is 14.4. The van der Waals surface area contributed by atoms with Crippen molar-refractivity contribution in [3.8, 4) is 0 Å². The minimum atomic E-state index is -4.19. The SMILES string of the molecule is CS(=O)(=O)NCCNc1nc(NCCS(=O)(=O)O)nc(Nc2nc(CC(=O)O)cs2)n1. The third kappa shape index (κ3) is 10.3. The first-order valence-corrected chi connectivity index (χ1v) is 12.8. The second kappa shape index (κ2) is 10.6. The van der Waals surface area contributed by atoms with Crippen LogP contribution in [0.1, 0.15) is 5.69 Å². The van der Waals surface area contributed by atoms with E-state index in [0.29, 0.717) is 10.8 Å². The average molecular weight is 497 g/mol. The zero-order valence-electron chi connectivity index (χ0n) is 16.1. The van der Waals surface area contributed by atoms with Crippen molar-refractivity contribution in [3.05, 3.63) is 11.1 Å². The normalized spacial score (nSPS) is 11.8. The summed E-state index contributed by atoms with van der Waals surface area (Å²) in [5.74, 6) is -1.57. The van der Waals surface area contributed by atoms with Crippen molar-refractivity contribution in [1.29, 1.82) is 0 Å². The van der Waals surface area contributed by atoms with Gasteiger partial charge in [0.05, 0.1) is 24.1 Å². The maximum Gasteiger partial charge on any atom is 0.309 e. The quantitative estimate of drug-likeness (QED) is 0.144. The van der Waals surface area contributed by atoms with Crippen molar-refractivity contribution in [3.63, 3.8) is 0 Å². The Balaban J connectivity index is 2.12. The smallest absolute Gasteiger partial charge is 0.309 e. The van der Waals surface area contributed by atoms with Gasteiger partial charge in [0.2, 0.25) is 27.9 Å². The Kier molecular flexibility index (Phi) is 8.39. The third-order valence-corrected chi connectivity index (χ3v) is 5.41. The number of aromatic nitrogens is 4. The van der Waals surface area contributed by atoms with Crippen molar-refractivity contribution >= 4 is 60.4 Å². The van der Waals surface area contributed by atoms with Crippen LogP contribution in [0.2, 0.25) is 0 Å². The van der Waals surface area contributed by atoms with Crippen molar-refractivity contribution in [2.75, 3.05) is 47.6 Å². The Morgan fingerprint density at radius 1 is 1.00 bits per heavy atom. The number of carboxylic acid groups (broad SMARTS) is 1. The van der Waals surface area contributed by atoms with Crippen molar-refractivity contribution < 1.29 is 31.3 Å². The molecule has 15 nitrogen and oxygen atoms in total. The maximum atomic E-state index is 11.1. The summed E-state index contributed by atoms with van der Waals surface area (Å²) in [5, 5.41) is 18.9. The largest absolute Gasteiger partial charge is 0.481 e. The third-order valence-electron chi connectivity index (χ3n) is 3.15. The summed E-state index contributed by atoms with van der Waals surface area (Å²) >= 11 is 1.13. The number of hydrogen-bond acceptors (Lipinski definition) is 13. The molecular weight excluding hydrogens is 476 g/mol. The van der Waals surface area contributed by atoms with Gasteiger partial charge in [-0.15, -0.1) is 11.3 Å². The minimum absolute atomic E-state index is 0.0131. The molecular formula is C13H20N8O7S3. The van der Waals surface area contributed by atoms with E-state index < -0.39 is 31.9 Å². The van der Waals surface area contributed by atoms with E-state index in [9.17, 15) is 21.6 Å². The van der Waals surface area contributed by atoms with E-state index in [0.717, 1.165) is 17.6 Å². The lowest BCUT2D eigenvalue weighted by molar-refractivity contribution is -0.136. The molecule has 0 saturated heterocycles. The standard InChI is InChI=1S/C13H20N8O7S3/c1-30(24,25)16-3-2-14-10-18-11(15-4-5-31(26,27)28)20-12(19-10)21-13-17-8(7-29-13)6-9(22)23/h7,16H,2-6H2,1H3,(H,22,23)(H,26,27,28)(H3,14,15,17,18,19,20,21). The number of rotatable bonds is 13. The van der Waals surface area contributed by atoms with Gasteiger partial charge in [0.25, 0.3) is 10.1 Å². The molecule has 2 rings (SSSR count). The molecule has 0 spiro atoms. The second-order valence-corrected chi connectivity index (χ2v) is 10.2. The van der Waals surface area contributed by atoms with Crippen molar-refractivity contribution in [2.45, 2.75) is 6.42 Å². The molecule has 0 aromatic carbocycles. The first-order valence-electron chi connectivity index (χ1n) is 8.46. The van der Waals surface area contributed by atoms with Gasteiger partial charge in [-0.3, -0.25) is 14.7 Å². The van der Waals surface area contributed by atoms with Gasteiger partial charge in [-0.2, -0.15) is 23.4 Å². The Morgan fingerprint density at radius 2 is 1.61 bits per heavy atom. The molecule has 0 aliphatic rings. The van der Waals surface area contributed by atoms with Crippen molar-refractivity contribution in [2.24, 2.45) is 0 Å². The minimum Gasteiger partial charge on any atom is -0.481 e. The number of thiazole rings is 1. The molecule has 0 unspecified atom stereocenters. The fourth-order valence-corrected chi connectivity index (χ4v) is 3.53. The molecule has 31 heavy (non-hydrogen) atoms. The van der Waals surface area contributed by atoms with E-state index in [-0.39, 0.29) is 43.9 Å². The molecule has 2 heterocycles. The summed E-state index contributed by atoms with van der Waals surface area (Å²) in [6.45, 7) is 0.0161. The molecule has 0 atom stereocenters. The van der Waals surface area contributed by atoms with Gasteiger partial charge in [-0.05, 0) is 0 Å². The zero-order valence-corrected chi connectivity index (χ0v) is 18.5. The summed E-state index contributed by atoms with van der Waals surface area (Å²) in [4.78, 5) is 27.1. The molecule has 172 valence electrons. The van der Waals surface area contributed by atoms with Gasteiger partial charge in [-0.1, -0.05) is 0 Å². The van der Waals surface area contributed by atoms with Gasteiger partial charge in [-0.25, -0.2) is 18.1 Å². The van der Waals surface area contributed by atoms with Crippen LogP contribution in [0.4, 0.5) is 23.0 Å². The molecule has 0 fully saturated rings. The number of hydrogen-bond donors (Lipinski definition) is 6. The average Bonchev–Trinajstić information content (AvgIpc) is 3.03. The Morgan fingerprint density at radius 3 is 2.19 bits per heavy atom. The van der Waals surface area contributed by atoms with Crippen LogP contribution in [-0.4, -0.2) is 84.0 Å². The van der Waals surface area contributed by atoms with Crippen LogP contribution in [0.15, 0.2) is 5.38 Å². The van der Waals surface area contributed by atoms with E-state index in [1.807, 2.05) is 0 Å². The van der Waals surface area contributed by atoms with Crippen LogP contribution in [0.25, 0.3) is 0 Å². The monoisotopic (exact) mass is 496 g/mol. The number of nitrogens with one attached hydrogen (secondary N) is 4. The summed E-state index contributed by atoms with van der Waals surface area (Å²) in [6, 6.07) is 0. The Labute approximate surface area is 181 Å². The number of nitrogens with zero attached hydrogens (tertiary/aromatic N) is 4. The second-order valence-electron chi connectivity index (χ2n) is 5.95. The molecule has 0 saturated carbocycles. The lowest BCUT2D eigenvalue weighted by Gasteiger charge is -2.10. The lowest BCUT2D eigenvalue weighted by atomic mass is 10.3. The summed E-state index contributed by atoms with van der Waals surface area (Å²) in [7, 11) is -7.55. The van der Waals surface area contributed by atoms with Crippen molar-refractivity contribution in [1.82, 2.24) is 24.7 Å². The number of aliphatic carboxylic acids is 1. The van der Waals surface area contributed by atoms with Gasteiger partial charge in [0, 0.05) is 25.0 Å². The van der Waals surface area contributed by atoms with Crippen LogP contribution >= 0.6 is 11.3 Å². The number of sulfonamides is 1. The highest BCUT2D eigenvalue weighted by Gasteiger charge is 2.12. The Hall–Kier alpha value is -2.67. The number of carbonyl (C=O) groups is 1. The van der Waals surface area contributed by atoms with E-state index in [1.165, 1.54) is 0 Å². The molecule has 2 aromatic rings. The fraction of sp³-hybridized carbons (Fsp3) is 0.462. The number of anilines is 4. The lowest BCUT2D eigenvalue weighted by Crippen LogP contribution is -2.28. The van der Waals surface area contributed by atoms with Gasteiger partial charge in [0.1, 0.15) is 0 Å². The molecule has 0 aliphatic heterocycles. The van der Waals surface area contributed by atoms with Gasteiger partial charge in [0.15, 0.2) is 5.13 Å². The van der Waals surface area contributed by atoms with Gasteiger partial charge < -0.3 is 15.7 Å². The molecule has 0 bridgehead atoms. The van der Waals surface area contributed by atoms with E-state index in [4.69, 9.17) is 9.66 Å². The predicted octanol–water partition coefficient (Wildman–Crippen LogP) is -1.04. The Bertz CT molecular complexity index is 1120.